The van der Waals surface area contributed by atoms with Gasteiger partial charge in [-0.1, -0.05) is 13.3 Å². The van der Waals surface area contributed by atoms with E-state index < -0.39 is 0 Å². The van der Waals surface area contributed by atoms with Gasteiger partial charge in [0.15, 0.2) is 0 Å². The summed E-state index contributed by atoms with van der Waals surface area (Å²) in [6, 6.07) is 0. The zero-order valence-corrected chi connectivity index (χ0v) is 10.4. The number of hydrogen-bond acceptors (Lipinski definition) is 2. The molecule has 2 aliphatic rings. The topological polar surface area (TPSA) is 15.3 Å². The van der Waals surface area contributed by atoms with Crippen molar-refractivity contribution in [1.82, 2.24) is 10.2 Å². The fourth-order valence-corrected chi connectivity index (χ4v) is 3.23. The summed E-state index contributed by atoms with van der Waals surface area (Å²) < 4.78 is 0. The average Bonchev–Trinajstić information content (AvgIpc) is 2.16. The van der Waals surface area contributed by atoms with Crippen molar-refractivity contribution in [3.05, 3.63) is 0 Å². The minimum atomic E-state index is 0.668. The van der Waals surface area contributed by atoms with Gasteiger partial charge in [0, 0.05) is 13.1 Å². The van der Waals surface area contributed by atoms with Gasteiger partial charge in [-0.05, 0) is 57.2 Å². The molecule has 1 saturated heterocycles. The van der Waals surface area contributed by atoms with Gasteiger partial charge < -0.3 is 10.2 Å². The molecule has 1 saturated carbocycles. The summed E-state index contributed by atoms with van der Waals surface area (Å²) in [7, 11) is 2.08. The Bertz CT molecular complexity index is 197. The van der Waals surface area contributed by atoms with Crippen molar-refractivity contribution in [1.29, 1.82) is 0 Å². The van der Waals surface area contributed by atoms with Crippen LogP contribution in [0.2, 0.25) is 0 Å². The average molecular weight is 210 g/mol. The summed E-state index contributed by atoms with van der Waals surface area (Å²) in [5.74, 6) is 0.896. The molecule has 2 fully saturated rings. The Kier molecular flexibility index (Phi) is 3.68. The van der Waals surface area contributed by atoms with E-state index >= 15 is 0 Å². The van der Waals surface area contributed by atoms with Crippen molar-refractivity contribution >= 4 is 0 Å². The van der Waals surface area contributed by atoms with Crippen molar-refractivity contribution in [3.8, 4) is 0 Å². The first-order valence-electron chi connectivity index (χ1n) is 6.59. The largest absolute Gasteiger partial charge is 0.319 e. The van der Waals surface area contributed by atoms with E-state index in [0.717, 1.165) is 5.92 Å². The van der Waals surface area contributed by atoms with Crippen LogP contribution in [-0.4, -0.2) is 38.1 Å². The Morgan fingerprint density at radius 2 is 2.13 bits per heavy atom. The molecule has 0 radical (unpaired) electrons. The second-order valence-electron chi connectivity index (χ2n) is 5.97. The van der Waals surface area contributed by atoms with E-state index in [9.17, 15) is 0 Å². The van der Waals surface area contributed by atoms with Gasteiger partial charge in [-0.25, -0.2) is 0 Å². The van der Waals surface area contributed by atoms with E-state index in [1.54, 1.807) is 0 Å². The van der Waals surface area contributed by atoms with Crippen LogP contribution in [0.4, 0.5) is 0 Å². The molecule has 88 valence electrons. The number of hydrogen-bond donors (Lipinski definition) is 1. The number of likely N-dealkylation sites (tertiary alicyclic amines) is 1. The minimum Gasteiger partial charge on any atom is -0.319 e. The summed E-state index contributed by atoms with van der Waals surface area (Å²) in [4.78, 5) is 2.71. The smallest absolute Gasteiger partial charge is 0.00354 e. The molecule has 0 spiro atoms. The van der Waals surface area contributed by atoms with Crippen LogP contribution < -0.4 is 5.32 Å². The molecule has 1 atom stereocenters. The maximum atomic E-state index is 3.32. The second kappa shape index (κ2) is 4.84. The molecule has 0 aromatic rings. The molecule has 0 aromatic heterocycles. The van der Waals surface area contributed by atoms with Crippen molar-refractivity contribution < 1.29 is 0 Å². The fourth-order valence-electron chi connectivity index (χ4n) is 3.23. The Labute approximate surface area is 94.4 Å². The fraction of sp³-hybridized carbons (Fsp3) is 1.00. The maximum Gasteiger partial charge on any atom is 0.00354 e. The molecule has 1 aliphatic heterocycles. The van der Waals surface area contributed by atoms with Crippen molar-refractivity contribution in [2.45, 2.75) is 39.0 Å². The van der Waals surface area contributed by atoms with Crippen LogP contribution in [0.3, 0.4) is 0 Å². The van der Waals surface area contributed by atoms with Gasteiger partial charge in [0.05, 0.1) is 0 Å². The first kappa shape index (κ1) is 11.4. The third-order valence-electron chi connectivity index (χ3n) is 4.26. The number of nitrogens with zero attached hydrogens (tertiary/aromatic N) is 1. The summed E-state index contributed by atoms with van der Waals surface area (Å²) in [5.41, 5.74) is 0.668. The lowest BCUT2D eigenvalue weighted by atomic mass is 9.70. The Balaban J connectivity index is 1.77. The first-order valence-corrected chi connectivity index (χ1v) is 6.59. The molecule has 1 unspecified atom stereocenters. The molecule has 2 heteroatoms. The van der Waals surface area contributed by atoms with E-state index in [0.29, 0.717) is 5.41 Å². The Morgan fingerprint density at radius 3 is 2.73 bits per heavy atom. The van der Waals surface area contributed by atoms with Crippen LogP contribution in [0.25, 0.3) is 0 Å². The Hall–Kier alpha value is -0.0800. The van der Waals surface area contributed by atoms with Crippen LogP contribution in [0, 0.1) is 11.3 Å². The lowest BCUT2D eigenvalue weighted by Gasteiger charge is -2.44. The van der Waals surface area contributed by atoms with E-state index in [1.165, 1.54) is 58.3 Å². The summed E-state index contributed by atoms with van der Waals surface area (Å²) in [6.45, 7) is 7.70. The van der Waals surface area contributed by atoms with Crippen LogP contribution in [0.1, 0.15) is 39.0 Å². The third-order valence-corrected chi connectivity index (χ3v) is 4.26. The molecule has 0 bridgehead atoms. The van der Waals surface area contributed by atoms with E-state index in [4.69, 9.17) is 0 Å². The van der Waals surface area contributed by atoms with Gasteiger partial charge in [-0.3, -0.25) is 0 Å². The van der Waals surface area contributed by atoms with Crippen LogP contribution in [-0.2, 0) is 0 Å². The van der Waals surface area contributed by atoms with Crippen LogP contribution >= 0.6 is 0 Å². The minimum absolute atomic E-state index is 0.668. The number of rotatable bonds is 4. The van der Waals surface area contributed by atoms with Crippen LogP contribution in [0.5, 0.6) is 0 Å². The van der Waals surface area contributed by atoms with Gasteiger partial charge in [0.2, 0.25) is 0 Å². The summed E-state index contributed by atoms with van der Waals surface area (Å²) >= 11 is 0. The zero-order chi connectivity index (χ0) is 10.7. The van der Waals surface area contributed by atoms with Gasteiger partial charge >= 0.3 is 0 Å². The van der Waals surface area contributed by atoms with Gasteiger partial charge in [0.1, 0.15) is 0 Å². The molecule has 1 aliphatic carbocycles. The first-order chi connectivity index (χ1) is 7.22. The van der Waals surface area contributed by atoms with E-state index in [2.05, 4.69) is 24.2 Å². The highest BCUT2D eigenvalue weighted by Crippen LogP contribution is 2.41. The van der Waals surface area contributed by atoms with E-state index in [-0.39, 0.29) is 0 Å². The second-order valence-corrected chi connectivity index (χ2v) is 5.97. The SMILES string of the molecule is CNCC1CCCN(CC2(C)CCC2)C1. The molecule has 15 heavy (non-hydrogen) atoms. The third kappa shape index (κ3) is 2.94. The number of nitrogens with one attached hydrogen (secondary N) is 1. The lowest BCUT2D eigenvalue weighted by molar-refractivity contribution is 0.0594. The summed E-state index contributed by atoms with van der Waals surface area (Å²) in [6.07, 6.45) is 7.21. The van der Waals surface area contributed by atoms with Gasteiger partial charge in [-0.15, -0.1) is 0 Å². The normalized spacial score (nSPS) is 31.2. The summed E-state index contributed by atoms with van der Waals surface area (Å²) in [5, 5.41) is 3.32. The van der Waals surface area contributed by atoms with Crippen molar-refractivity contribution in [3.63, 3.8) is 0 Å². The standard InChI is InChI=1S/C13H26N2/c1-13(6-4-7-13)11-15-8-3-5-12(10-15)9-14-2/h12,14H,3-11H2,1-2H3. The zero-order valence-electron chi connectivity index (χ0n) is 10.4. The number of piperidine rings is 1. The quantitative estimate of drug-likeness (QED) is 0.764. The monoisotopic (exact) mass is 210 g/mol. The highest BCUT2D eigenvalue weighted by Gasteiger charge is 2.34. The maximum absolute atomic E-state index is 3.32. The molecule has 2 rings (SSSR count). The van der Waals surface area contributed by atoms with Crippen molar-refractivity contribution in [2.24, 2.45) is 11.3 Å². The predicted octanol–water partition coefficient (Wildman–Crippen LogP) is 2.11. The molecular weight excluding hydrogens is 184 g/mol. The highest BCUT2D eigenvalue weighted by molar-refractivity contribution is 4.88. The molecule has 1 heterocycles. The molecule has 1 N–H and O–H groups in total. The Morgan fingerprint density at radius 1 is 1.33 bits per heavy atom. The van der Waals surface area contributed by atoms with Crippen LogP contribution in [0.15, 0.2) is 0 Å². The molecular formula is C13H26N2. The highest BCUT2D eigenvalue weighted by atomic mass is 15.1. The van der Waals surface area contributed by atoms with Crippen molar-refractivity contribution in [2.75, 3.05) is 33.2 Å². The van der Waals surface area contributed by atoms with E-state index in [1.807, 2.05) is 0 Å². The van der Waals surface area contributed by atoms with Gasteiger partial charge in [0.25, 0.3) is 0 Å². The molecule has 0 amide bonds. The lowest BCUT2D eigenvalue weighted by Crippen LogP contribution is -2.46. The predicted molar refractivity (Wildman–Crippen MR) is 65.0 cm³/mol. The molecule has 0 aromatic carbocycles. The van der Waals surface area contributed by atoms with Gasteiger partial charge in [-0.2, -0.15) is 0 Å². The molecule has 2 nitrogen and oxygen atoms in total.